The van der Waals surface area contributed by atoms with E-state index < -0.39 is 11.9 Å². The molecule has 180 valence electrons. The van der Waals surface area contributed by atoms with Gasteiger partial charge in [0.2, 0.25) is 0 Å². The SMILES string of the molecule is COc1ncc(-c2c(-c3ccc(Cl)cc3)cnnc2NN(C)Cc2ccc(C(F)(F)F)nc2)cn1. The van der Waals surface area contributed by atoms with Crippen LogP contribution >= 0.6 is 11.6 Å². The molecule has 0 saturated carbocycles. The number of halogens is 4. The van der Waals surface area contributed by atoms with Gasteiger partial charge in [0.1, 0.15) is 5.69 Å². The van der Waals surface area contributed by atoms with Crippen molar-refractivity contribution < 1.29 is 17.9 Å². The van der Waals surface area contributed by atoms with Crippen LogP contribution in [0, 0.1) is 0 Å². The van der Waals surface area contributed by atoms with Gasteiger partial charge in [-0.15, -0.1) is 5.10 Å². The molecule has 1 N–H and O–H groups in total. The predicted molar refractivity (Wildman–Crippen MR) is 124 cm³/mol. The summed E-state index contributed by atoms with van der Waals surface area (Å²) >= 11 is 6.05. The number of nitrogens with one attached hydrogen (secondary N) is 1. The molecule has 4 aromatic rings. The highest BCUT2D eigenvalue weighted by Crippen LogP contribution is 2.36. The molecular weight excluding hydrogens is 483 g/mol. The zero-order valence-electron chi connectivity index (χ0n) is 18.6. The third-order valence-corrected chi connectivity index (χ3v) is 5.19. The molecule has 0 spiro atoms. The molecule has 3 aromatic heterocycles. The van der Waals surface area contributed by atoms with Gasteiger partial charge in [-0.1, -0.05) is 29.8 Å². The van der Waals surface area contributed by atoms with Crippen LogP contribution < -0.4 is 10.2 Å². The molecule has 1 aromatic carbocycles. The molecule has 0 aliphatic heterocycles. The fourth-order valence-corrected chi connectivity index (χ4v) is 3.46. The lowest BCUT2D eigenvalue weighted by Crippen LogP contribution is -2.26. The first-order chi connectivity index (χ1) is 16.7. The fraction of sp³-hybridized carbons (Fsp3) is 0.174. The Labute approximate surface area is 203 Å². The summed E-state index contributed by atoms with van der Waals surface area (Å²) in [6.45, 7) is 0.247. The molecule has 0 fully saturated rings. The van der Waals surface area contributed by atoms with E-state index in [2.05, 4.69) is 30.6 Å². The first-order valence-corrected chi connectivity index (χ1v) is 10.6. The van der Waals surface area contributed by atoms with Crippen LogP contribution in [0.25, 0.3) is 22.3 Å². The van der Waals surface area contributed by atoms with Crippen molar-refractivity contribution in [1.29, 1.82) is 0 Å². The lowest BCUT2D eigenvalue weighted by atomic mass is 9.98. The molecule has 8 nitrogen and oxygen atoms in total. The summed E-state index contributed by atoms with van der Waals surface area (Å²) in [5, 5.41) is 10.6. The van der Waals surface area contributed by atoms with Crippen molar-refractivity contribution in [2.45, 2.75) is 12.7 Å². The lowest BCUT2D eigenvalue weighted by molar-refractivity contribution is -0.141. The highest BCUT2D eigenvalue weighted by molar-refractivity contribution is 6.30. The second kappa shape index (κ2) is 10.2. The van der Waals surface area contributed by atoms with Gasteiger partial charge >= 0.3 is 12.2 Å². The second-order valence-electron chi connectivity index (χ2n) is 7.46. The minimum absolute atomic E-state index is 0.213. The number of rotatable bonds is 7. The first-order valence-electron chi connectivity index (χ1n) is 10.2. The Morgan fingerprint density at radius 2 is 1.66 bits per heavy atom. The zero-order valence-corrected chi connectivity index (χ0v) is 19.3. The molecule has 0 aliphatic carbocycles. The average Bonchev–Trinajstić information content (AvgIpc) is 2.84. The van der Waals surface area contributed by atoms with Crippen molar-refractivity contribution in [1.82, 2.24) is 30.2 Å². The molecule has 0 unspecified atom stereocenters. The van der Waals surface area contributed by atoms with E-state index in [9.17, 15) is 13.2 Å². The average molecular weight is 502 g/mol. The number of pyridine rings is 1. The van der Waals surface area contributed by atoms with Crippen molar-refractivity contribution in [2.24, 2.45) is 0 Å². The Kier molecular flexibility index (Phi) is 7.08. The van der Waals surface area contributed by atoms with Gasteiger partial charge in [0, 0.05) is 53.9 Å². The fourth-order valence-electron chi connectivity index (χ4n) is 3.34. The summed E-state index contributed by atoms with van der Waals surface area (Å²) in [6, 6.07) is 9.78. The van der Waals surface area contributed by atoms with Crippen LogP contribution in [0.5, 0.6) is 6.01 Å². The Morgan fingerprint density at radius 1 is 0.943 bits per heavy atom. The molecule has 12 heteroatoms. The van der Waals surface area contributed by atoms with Crippen LogP contribution in [0.4, 0.5) is 19.0 Å². The van der Waals surface area contributed by atoms with Crippen molar-refractivity contribution in [3.63, 3.8) is 0 Å². The van der Waals surface area contributed by atoms with E-state index in [0.29, 0.717) is 27.5 Å². The Balaban J connectivity index is 1.67. The van der Waals surface area contributed by atoms with Gasteiger partial charge < -0.3 is 10.2 Å². The minimum Gasteiger partial charge on any atom is -0.467 e. The van der Waals surface area contributed by atoms with E-state index >= 15 is 0 Å². The topological polar surface area (TPSA) is 89.0 Å². The predicted octanol–water partition coefficient (Wildman–Crippen LogP) is 5.14. The molecule has 0 bridgehead atoms. The maximum Gasteiger partial charge on any atom is 0.433 e. The number of hydrogen-bond donors (Lipinski definition) is 1. The summed E-state index contributed by atoms with van der Waals surface area (Å²) in [5.74, 6) is 0.397. The molecule has 0 amide bonds. The number of ether oxygens (including phenoxy) is 1. The summed E-state index contributed by atoms with van der Waals surface area (Å²) in [5.41, 5.74) is 5.69. The molecule has 35 heavy (non-hydrogen) atoms. The van der Waals surface area contributed by atoms with Crippen LogP contribution in [-0.4, -0.2) is 44.3 Å². The van der Waals surface area contributed by atoms with E-state index in [-0.39, 0.29) is 12.6 Å². The number of aromatic nitrogens is 5. The maximum atomic E-state index is 12.8. The number of anilines is 1. The quantitative estimate of drug-likeness (QED) is 0.348. The highest BCUT2D eigenvalue weighted by atomic mass is 35.5. The van der Waals surface area contributed by atoms with Crippen molar-refractivity contribution >= 4 is 17.4 Å². The van der Waals surface area contributed by atoms with Gasteiger partial charge in [-0.2, -0.15) is 18.3 Å². The number of benzene rings is 1. The number of nitrogens with zero attached hydrogens (tertiary/aromatic N) is 6. The summed E-state index contributed by atoms with van der Waals surface area (Å²) in [4.78, 5) is 11.9. The summed E-state index contributed by atoms with van der Waals surface area (Å²) in [7, 11) is 3.20. The van der Waals surface area contributed by atoms with Crippen LogP contribution in [0.15, 0.2) is 61.2 Å². The van der Waals surface area contributed by atoms with Gasteiger partial charge in [-0.3, -0.25) is 4.98 Å². The molecule has 0 radical (unpaired) electrons. The van der Waals surface area contributed by atoms with E-state index in [4.69, 9.17) is 16.3 Å². The molecule has 0 aliphatic rings. The third-order valence-electron chi connectivity index (χ3n) is 4.94. The normalized spacial score (nSPS) is 11.5. The number of hydrogen-bond acceptors (Lipinski definition) is 8. The van der Waals surface area contributed by atoms with Gasteiger partial charge in [0.25, 0.3) is 0 Å². The largest absolute Gasteiger partial charge is 0.467 e. The van der Waals surface area contributed by atoms with E-state index in [1.807, 2.05) is 12.1 Å². The number of hydrazine groups is 1. The van der Waals surface area contributed by atoms with Crippen molar-refractivity contribution in [3.8, 4) is 28.3 Å². The van der Waals surface area contributed by atoms with Crippen LogP contribution in [0.1, 0.15) is 11.3 Å². The van der Waals surface area contributed by atoms with Gasteiger partial charge in [0.05, 0.1) is 13.3 Å². The Morgan fingerprint density at radius 3 is 2.26 bits per heavy atom. The van der Waals surface area contributed by atoms with Gasteiger partial charge in [0.15, 0.2) is 5.82 Å². The highest BCUT2D eigenvalue weighted by Gasteiger charge is 2.32. The standard InChI is InChI=1S/C23H19ClF3N7O/c1-34(13-14-3-8-19(28-9-14)23(25,26)27)33-21-20(16-10-29-22(35-2)30-11-16)18(12-31-32-21)15-4-6-17(24)7-5-15/h3-12H,13H2,1-2H3,(H,32,33). The summed E-state index contributed by atoms with van der Waals surface area (Å²) < 4.78 is 43.4. The van der Waals surface area contributed by atoms with Gasteiger partial charge in [-0.05, 0) is 29.3 Å². The van der Waals surface area contributed by atoms with Crippen LogP contribution in [0.3, 0.4) is 0 Å². The molecule has 0 atom stereocenters. The molecule has 4 rings (SSSR count). The van der Waals surface area contributed by atoms with E-state index in [1.165, 1.54) is 19.4 Å². The second-order valence-corrected chi connectivity index (χ2v) is 7.90. The van der Waals surface area contributed by atoms with Crippen LogP contribution in [0.2, 0.25) is 5.02 Å². The minimum atomic E-state index is -4.49. The maximum absolute atomic E-state index is 12.8. The first kappa shape index (κ1) is 24.3. The lowest BCUT2D eigenvalue weighted by Gasteiger charge is -2.21. The number of alkyl halides is 3. The zero-order chi connectivity index (χ0) is 25.0. The van der Waals surface area contributed by atoms with Crippen molar-refractivity contribution in [3.05, 3.63) is 77.5 Å². The van der Waals surface area contributed by atoms with E-state index in [1.54, 1.807) is 42.8 Å². The van der Waals surface area contributed by atoms with Crippen LogP contribution in [-0.2, 0) is 12.7 Å². The smallest absolute Gasteiger partial charge is 0.433 e. The summed E-state index contributed by atoms with van der Waals surface area (Å²) in [6.07, 6.45) is 1.53. The monoisotopic (exact) mass is 501 g/mol. The molecule has 0 saturated heterocycles. The molecular formula is C23H19ClF3N7O. The number of methoxy groups -OCH3 is 1. The van der Waals surface area contributed by atoms with Gasteiger partial charge in [-0.25, -0.2) is 15.0 Å². The Hall–Kier alpha value is -3.83. The van der Waals surface area contributed by atoms with E-state index in [0.717, 1.165) is 17.2 Å². The molecule has 3 heterocycles. The van der Waals surface area contributed by atoms with Crippen molar-refractivity contribution in [2.75, 3.05) is 19.6 Å². The third kappa shape index (κ3) is 5.81. The Bertz CT molecular complexity index is 1280.